The van der Waals surface area contributed by atoms with E-state index in [1.807, 2.05) is 50.2 Å². The van der Waals surface area contributed by atoms with Gasteiger partial charge in [0.1, 0.15) is 18.3 Å². The van der Waals surface area contributed by atoms with Crippen molar-refractivity contribution in [3.05, 3.63) is 125 Å². The lowest BCUT2D eigenvalue weighted by Crippen LogP contribution is -2.53. The number of ether oxygens (including phenoxy) is 1. The normalized spacial score (nSPS) is 11.8. The number of carbonyl (C=O) groups is 2. The number of hydrogen-bond donors (Lipinski definition) is 1. The van der Waals surface area contributed by atoms with Crippen LogP contribution >= 0.6 is 11.6 Å². The quantitative estimate of drug-likeness (QED) is 0.181. The Kier molecular flexibility index (Phi) is 11.6. The van der Waals surface area contributed by atoms with Crippen LogP contribution in [-0.4, -0.2) is 51.4 Å². The van der Waals surface area contributed by atoms with Gasteiger partial charge in [-0.15, -0.1) is 0 Å². The highest BCUT2D eigenvalue weighted by molar-refractivity contribution is 7.92. The third-order valence-electron chi connectivity index (χ3n) is 7.31. The van der Waals surface area contributed by atoms with E-state index in [4.69, 9.17) is 16.3 Å². The van der Waals surface area contributed by atoms with Crippen LogP contribution in [0.5, 0.6) is 5.75 Å². The Bertz CT molecular complexity index is 1680. The van der Waals surface area contributed by atoms with Gasteiger partial charge in [-0.2, -0.15) is 0 Å². The van der Waals surface area contributed by atoms with Gasteiger partial charge in [-0.1, -0.05) is 78.7 Å². The SMILES string of the molecule is CCCNC(=O)[C@H](Cc1ccccc1)N(Cc1cccc(Cl)c1)C(=O)CN(c1ccc(C)cc1)S(=O)(=O)c1ccc(OC)cc1. The summed E-state index contributed by atoms with van der Waals surface area (Å²) < 4.78 is 34.6. The summed E-state index contributed by atoms with van der Waals surface area (Å²) in [5.41, 5.74) is 2.82. The highest BCUT2D eigenvalue weighted by atomic mass is 35.5. The molecule has 0 fully saturated rings. The predicted molar refractivity (Wildman–Crippen MR) is 178 cm³/mol. The minimum absolute atomic E-state index is 0.000379. The van der Waals surface area contributed by atoms with E-state index in [1.54, 1.807) is 54.6 Å². The van der Waals surface area contributed by atoms with Gasteiger partial charge in [0.2, 0.25) is 11.8 Å². The number of nitrogens with zero attached hydrogens (tertiary/aromatic N) is 2. The zero-order valence-corrected chi connectivity index (χ0v) is 27.2. The summed E-state index contributed by atoms with van der Waals surface area (Å²) >= 11 is 6.30. The Morgan fingerprint density at radius 1 is 0.889 bits per heavy atom. The fourth-order valence-corrected chi connectivity index (χ4v) is 6.49. The molecule has 0 unspecified atom stereocenters. The first-order valence-corrected chi connectivity index (χ1v) is 16.5. The molecule has 0 aliphatic rings. The number of nitrogens with one attached hydrogen (secondary N) is 1. The first-order chi connectivity index (χ1) is 21.6. The van der Waals surface area contributed by atoms with Crippen molar-refractivity contribution in [2.75, 3.05) is 24.5 Å². The number of amides is 2. The molecule has 2 amide bonds. The van der Waals surface area contributed by atoms with Crippen LogP contribution in [0.25, 0.3) is 0 Å². The fraction of sp³-hybridized carbons (Fsp3) is 0.257. The van der Waals surface area contributed by atoms with E-state index in [-0.39, 0.29) is 23.8 Å². The van der Waals surface area contributed by atoms with Crippen molar-refractivity contribution < 1.29 is 22.7 Å². The average molecular weight is 648 g/mol. The van der Waals surface area contributed by atoms with Crippen LogP contribution in [0, 0.1) is 6.92 Å². The lowest BCUT2D eigenvalue weighted by atomic mass is 10.0. The monoisotopic (exact) mass is 647 g/mol. The zero-order valence-electron chi connectivity index (χ0n) is 25.6. The lowest BCUT2D eigenvalue weighted by molar-refractivity contribution is -0.140. The van der Waals surface area contributed by atoms with Crippen LogP contribution < -0.4 is 14.4 Å². The number of anilines is 1. The maximum Gasteiger partial charge on any atom is 0.264 e. The lowest BCUT2D eigenvalue weighted by Gasteiger charge is -2.34. The topological polar surface area (TPSA) is 96.0 Å². The number of aryl methyl sites for hydroxylation is 1. The van der Waals surface area contributed by atoms with E-state index < -0.39 is 28.5 Å². The molecule has 236 valence electrons. The Balaban J connectivity index is 1.79. The van der Waals surface area contributed by atoms with Crippen molar-refractivity contribution >= 4 is 39.1 Å². The fourth-order valence-electron chi connectivity index (χ4n) is 4.87. The second-order valence-electron chi connectivity index (χ2n) is 10.7. The van der Waals surface area contributed by atoms with Gasteiger partial charge < -0.3 is 15.0 Å². The highest BCUT2D eigenvalue weighted by Crippen LogP contribution is 2.27. The van der Waals surface area contributed by atoms with Crippen LogP contribution in [0.3, 0.4) is 0 Å². The standard InChI is InChI=1S/C35H38ClN3O5S/c1-4-21-37-35(41)33(23-27-9-6-5-7-10-27)38(24-28-11-8-12-29(36)22-28)34(40)25-39(30-15-13-26(2)14-16-30)45(42,43)32-19-17-31(44-3)18-20-32/h5-20,22,33H,4,21,23-25H2,1-3H3,(H,37,41)/t33-/m0/s1. The second kappa shape index (κ2) is 15.6. The summed E-state index contributed by atoms with van der Waals surface area (Å²) in [6.45, 7) is 3.79. The van der Waals surface area contributed by atoms with Crippen molar-refractivity contribution in [1.29, 1.82) is 0 Å². The summed E-state index contributed by atoms with van der Waals surface area (Å²) in [6, 6.07) is 28.5. The molecule has 45 heavy (non-hydrogen) atoms. The van der Waals surface area contributed by atoms with E-state index in [0.717, 1.165) is 15.4 Å². The third kappa shape index (κ3) is 8.86. The average Bonchev–Trinajstić information content (AvgIpc) is 3.05. The molecule has 1 atom stereocenters. The van der Waals surface area contributed by atoms with Crippen LogP contribution in [-0.2, 0) is 32.6 Å². The van der Waals surface area contributed by atoms with Gasteiger partial charge in [0, 0.05) is 24.5 Å². The van der Waals surface area contributed by atoms with Crippen LogP contribution in [0.15, 0.2) is 108 Å². The van der Waals surface area contributed by atoms with Gasteiger partial charge in [-0.25, -0.2) is 8.42 Å². The Morgan fingerprint density at radius 3 is 2.18 bits per heavy atom. The largest absolute Gasteiger partial charge is 0.497 e. The molecule has 0 spiro atoms. The van der Waals surface area contributed by atoms with Crippen LogP contribution in [0.1, 0.15) is 30.0 Å². The highest BCUT2D eigenvalue weighted by Gasteiger charge is 2.34. The Labute approximate surface area is 270 Å². The summed E-state index contributed by atoms with van der Waals surface area (Å²) in [7, 11) is -2.71. The first-order valence-electron chi connectivity index (χ1n) is 14.7. The minimum Gasteiger partial charge on any atom is -0.497 e. The van der Waals surface area contributed by atoms with Crippen molar-refractivity contribution in [1.82, 2.24) is 10.2 Å². The van der Waals surface area contributed by atoms with Crippen molar-refractivity contribution in [2.45, 2.75) is 44.2 Å². The second-order valence-corrected chi connectivity index (χ2v) is 13.0. The maximum absolute atomic E-state index is 14.5. The van der Waals surface area contributed by atoms with Gasteiger partial charge in [-0.3, -0.25) is 13.9 Å². The number of sulfonamides is 1. The van der Waals surface area contributed by atoms with Gasteiger partial charge in [0.05, 0.1) is 17.7 Å². The molecular formula is C35H38ClN3O5S. The summed E-state index contributed by atoms with van der Waals surface area (Å²) in [6.07, 6.45) is 0.950. The summed E-state index contributed by atoms with van der Waals surface area (Å²) in [5, 5.41) is 3.43. The molecule has 8 nitrogen and oxygen atoms in total. The van der Waals surface area contributed by atoms with Crippen molar-refractivity contribution in [2.24, 2.45) is 0 Å². The molecule has 1 N–H and O–H groups in total. The van der Waals surface area contributed by atoms with E-state index in [2.05, 4.69) is 5.32 Å². The maximum atomic E-state index is 14.5. The molecule has 4 aromatic rings. The van der Waals surface area contributed by atoms with Crippen LogP contribution in [0.2, 0.25) is 5.02 Å². The smallest absolute Gasteiger partial charge is 0.264 e. The van der Waals surface area contributed by atoms with Crippen molar-refractivity contribution in [3.8, 4) is 5.75 Å². The Morgan fingerprint density at radius 2 is 1.56 bits per heavy atom. The summed E-state index contributed by atoms with van der Waals surface area (Å²) in [5.74, 6) is -0.363. The molecule has 0 saturated carbocycles. The van der Waals surface area contributed by atoms with Gasteiger partial charge in [-0.05, 0) is 73.0 Å². The Hall–Kier alpha value is -4.34. The zero-order chi connectivity index (χ0) is 32.4. The molecule has 4 aromatic carbocycles. The first kappa shape index (κ1) is 33.6. The van der Waals surface area contributed by atoms with Gasteiger partial charge in [0.15, 0.2) is 0 Å². The van der Waals surface area contributed by atoms with Crippen molar-refractivity contribution in [3.63, 3.8) is 0 Å². The molecule has 0 aromatic heterocycles. The van der Waals surface area contributed by atoms with E-state index in [1.165, 1.54) is 24.1 Å². The third-order valence-corrected chi connectivity index (χ3v) is 9.33. The molecule has 0 radical (unpaired) electrons. The number of hydrogen-bond acceptors (Lipinski definition) is 5. The molecule has 0 aliphatic carbocycles. The molecule has 0 heterocycles. The van der Waals surface area contributed by atoms with Crippen LogP contribution in [0.4, 0.5) is 5.69 Å². The van der Waals surface area contributed by atoms with E-state index in [0.29, 0.717) is 35.0 Å². The van der Waals surface area contributed by atoms with Gasteiger partial charge >= 0.3 is 0 Å². The summed E-state index contributed by atoms with van der Waals surface area (Å²) in [4.78, 5) is 29.6. The van der Waals surface area contributed by atoms with Gasteiger partial charge in [0.25, 0.3) is 10.0 Å². The van der Waals surface area contributed by atoms with E-state index >= 15 is 0 Å². The molecule has 10 heteroatoms. The molecule has 4 rings (SSSR count). The molecule has 0 bridgehead atoms. The predicted octanol–water partition coefficient (Wildman–Crippen LogP) is 6.02. The number of benzene rings is 4. The number of carbonyl (C=O) groups excluding carboxylic acids is 2. The molecule has 0 aliphatic heterocycles. The number of rotatable bonds is 14. The van der Waals surface area contributed by atoms with E-state index in [9.17, 15) is 18.0 Å². The number of halogens is 1. The number of methoxy groups -OCH3 is 1. The molecule has 0 saturated heterocycles. The molecular weight excluding hydrogens is 610 g/mol. The minimum atomic E-state index is -4.21.